The zero-order valence-electron chi connectivity index (χ0n) is 9.04. The molecular formula is C13H17ClO. The topological polar surface area (TPSA) is 20.2 Å². The lowest BCUT2D eigenvalue weighted by molar-refractivity contribution is 0.164. The summed E-state index contributed by atoms with van der Waals surface area (Å²) in [6, 6.07) is 5.65. The molecule has 1 atom stereocenters. The molecule has 0 aliphatic heterocycles. The number of hydrogen-bond acceptors (Lipinski definition) is 1. The van der Waals surface area contributed by atoms with Gasteiger partial charge in [0.15, 0.2) is 0 Å². The molecule has 0 spiro atoms. The fraction of sp³-hybridized carbons (Fsp3) is 0.385. The highest BCUT2D eigenvalue weighted by molar-refractivity contribution is 6.31. The van der Waals surface area contributed by atoms with Gasteiger partial charge in [0.2, 0.25) is 0 Å². The molecule has 82 valence electrons. The summed E-state index contributed by atoms with van der Waals surface area (Å²) in [6.45, 7) is 5.60. The predicted molar refractivity (Wildman–Crippen MR) is 65.2 cm³/mol. The molecule has 1 nitrogen and oxygen atoms in total. The van der Waals surface area contributed by atoms with E-state index in [4.69, 9.17) is 11.6 Å². The molecule has 1 aromatic rings. The van der Waals surface area contributed by atoms with Gasteiger partial charge in [-0.2, -0.15) is 0 Å². The van der Waals surface area contributed by atoms with Crippen LogP contribution >= 0.6 is 11.6 Å². The lowest BCUT2D eigenvalue weighted by atomic mass is 9.99. The van der Waals surface area contributed by atoms with Crippen LogP contribution in [0.1, 0.15) is 36.5 Å². The van der Waals surface area contributed by atoms with Gasteiger partial charge in [-0.15, -0.1) is 6.58 Å². The van der Waals surface area contributed by atoms with Crippen LogP contribution in [0.5, 0.6) is 0 Å². The summed E-state index contributed by atoms with van der Waals surface area (Å²) < 4.78 is 0. The minimum absolute atomic E-state index is 0.413. The summed E-state index contributed by atoms with van der Waals surface area (Å²) in [5.74, 6) is 0. The third kappa shape index (κ3) is 3.37. The van der Waals surface area contributed by atoms with E-state index in [1.807, 2.05) is 31.2 Å². The minimum Gasteiger partial charge on any atom is -0.388 e. The van der Waals surface area contributed by atoms with E-state index in [2.05, 4.69) is 6.58 Å². The lowest BCUT2D eigenvalue weighted by Gasteiger charge is -2.14. The average Bonchev–Trinajstić information content (AvgIpc) is 2.22. The number of rotatable bonds is 5. The number of halogens is 1. The number of aliphatic hydroxyl groups is 1. The van der Waals surface area contributed by atoms with E-state index in [1.54, 1.807) is 0 Å². The van der Waals surface area contributed by atoms with Crippen molar-refractivity contribution in [3.05, 3.63) is 47.0 Å². The summed E-state index contributed by atoms with van der Waals surface area (Å²) >= 11 is 5.99. The smallest absolute Gasteiger partial charge is 0.0793 e. The van der Waals surface area contributed by atoms with E-state index < -0.39 is 6.10 Å². The molecule has 1 N–H and O–H groups in total. The molecule has 0 heterocycles. The molecule has 2 heteroatoms. The zero-order chi connectivity index (χ0) is 11.3. The molecular weight excluding hydrogens is 208 g/mol. The maximum atomic E-state index is 9.96. The summed E-state index contributed by atoms with van der Waals surface area (Å²) in [5, 5.41) is 10.7. The van der Waals surface area contributed by atoms with Crippen LogP contribution in [0.15, 0.2) is 30.9 Å². The van der Waals surface area contributed by atoms with Gasteiger partial charge in [-0.25, -0.2) is 0 Å². The van der Waals surface area contributed by atoms with Crippen LogP contribution in [0.3, 0.4) is 0 Å². The van der Waals surface area contributed by atoms with Gasteiger partial charge in [0.1, 0.15) is 0 Å². The highest BCUT2D eigenvalue weighted by Crippen LogP contribution is 2.27. The maximum absolute atomic E-state index is 9.96. The summed E-state index contributed by atoms with van der Waals surface area (Å²) in [6.07, 6.45) is 4.11. The van der Waals surface area contributed by atoms with Crippen molar-refractivity contribution in [1.82, 2.24) is 0 Å². The zero-order valence-corrected chi connectivity index (χ0v) is 9.80. The molecule has 1 rings (SSSR count). The van der Waals surface area contributed by atoms with Crippen molar-refractivity contribution in [3.8, 4) is 0 Å². The van der Waals surface area contributed by atoms with E-state index in [1.165, 1.54) is 0 Å². The number of unbranched alkanes of at least 4 members (excludes halogenated alkanes) is 1. The van der Waals surface area contributed by atoms with E-state index in [9.17, 15) is 5.11 Å². The Morgan fingerprint density at radius 3 is 2.93 bits per heavy atom. The molecule has 1 aromatic carbocycles. The van der Waals surface area contributed by atoms with Crippen molar-refractivity contribution in [2.45, 2.75) is 32.3 Å². The molecule has 15 heavy (non-hydrogen) atoms. The van der Waals surface area contributed by atoms with Crippen molar-refractivity contribution in [2.75, 3.05) is 0 Å². The van der Waals surface area contributed by atoms with Crippen LogP contribution in [0, 0.1) is 6.92 Å². The summed E-state index contributed by atoms with van der Waals surface area (Å²) in [4.78, 5) is 0. The van der Waals surface area contributed by atoms with Crippen molar-refractivity contribution >= 4 is 11.6 Å². The monoisotopic (exact) mass is 224 g/mol. The normalized spacial score (nSPS) is 12.5. The molecule has 1 unspecified atom stereocenters. The van der Waals surface area contributed by atoms with Gasteiger partial charge in [-0.1, -0.05) is 29.8 Å². The summed E-state index contributed by atoms with van der Waals surface area (Å²) in [5.41, 5.74) is 1.91. The Hall–Kier alpha value is -0.790. The Bertz CT molecular complexity index is 333. The van der Waals surface area contributed by atoms with Gasteiger partial charge in [-0.3, -0.25) is 0 Å². The number of aliphatic hydroxyl groups excluding tert-OH is 1. The molecule has 0 radical (unpaired) electrons. The van der Waals surface area contributed by atoms with Gasteiger partial charge in [-0.05, 0) is 43.4 Å². The highest BCUT2D eigenvalue weighted by Gasteiger charge is 2.10. The third-order valence-corrected chi connectivity index (χ3v) is 2.96. The van der Waals surface area contributed by atoms with Gasteiger partial charge >= 0.3 is 0 Å². The second kappa shape index (κ2) is 5.94. The molecule has 0 saturated heterocycles. The third-order valence-electron chi connectivity index (χ3n) is 2.55. The van der Waals surface area contributed by atoms with Crippen LogP contribution in [0.25, 0.3) is 0 Å². The maximum Gasteiger partial charge on any atom is 0.0793 e. The Morgan fingerprint density at radius 1 is 1.53 bits per heavy atom. The van der Waals surface area contributed by atoms with Crippen LogP contribution in [0.2, 0.25) is 5.02 Å². The first kappa shape index (κ1) is 12.3. The molecule has 0 fully saturated rings. The van der Waals surface area contributed by atoms with Crippen LogP contribution in [-0.4, -0.2) is 5.11 Å². The van der Waals surface area contributed by atoms with Gasteiger partial charge in [0.25, 0.3) is 0 Å². The van der Waals surface area contributed by atoms with E-state index in [-0.39, 0.29) is 0 Å². The Kier molecular flexibility index (Phi) is 4.86. The number of allylic oxidation sites excluding steroid dienone is 1. The molecule has 0 bridgehead atoms. The van der Waals surface area contributed by atoms with Gasteiger partial charge < -0.3 is 5.11 Å². The first-order chi connectivity index (χ1) is 7.16. The molecule has 0 aromatic heterocycles. The van der Waals surface area contributed by atoms with Gasteiger partial charge in [0.05, 0.1) is 6.10 Å². The quantitative estimate of drug-likeness (QED) is 0.591. The fourth-order valence-corrected chi connectivity index (χ4v) is 1.78. The van der Waals surface area contributed by atoms with E-state index >= 15 is 0 Å². The Morgan fingerprint density at radius 2 is 2.27 bits per heavy atom. The van der Waals surface area contributed by atoms with Crippen molar-refractivity contribution < 1.29 is 5.11 Å². The summed E-state index contributed by atoms with van der Waals surface area (Å²) in [7, 11) is 0. The highest BCUT2D eigenvalue weighted by atomic mass is 35.5. The number of hydrogen-bond donors (Lipinski definition) is 1. The average molecular weight is 225 g/mol. The molecule has 0 saturated carbocycles. The van der Waals surface area contributed by atoms with E-state index in [0.717, 1.165) is 35.4 Å². The lowest BCUT2D eigenvalue weighted by Crippen LogP contribution is -2.00. The van der Waals surface area contributed by atoms with E-state index in [0.29, 0.717) is 0 Å². The van der Waals surface area contributed by atoms with Crippen LogP contribution in [-0.2, 0) is 0 Å². The van der Waals surface area contributed by atoms with Crippen LogP contribution < -0.4 is 0 Å². The van der Waals surface area contributed by atoms with Crippen molar-refractivity contribution in [2.24, 2.45) is 0 Å². The van der Waals surface area contributed by atoms with Gasteiger partial charge in [0, 0.05) is 5.02 Å². The van der Waals surface area contributed by atoms with Crippen molar-refractivity contribution in [1.29, 1.82) is 0 Å². The second-order valence-corrected chi connectivity index (χ2v) is 4.10. The minimum atomic E-state index is -0.413. The Labute approximate surface area is 96.4 Å². The first-order valence-corrected chi connectivity index (χ1v) is 5.58. The fourth-order valence-electron chi connectivity index (χ4n) is 1.60. The standard InChI is InChI=1S/C13H17ClO/c1-3-4-5-9-13(15)11-7-6-8-12(14)10(11)2/h3,6-8,13,15H,1,4-5,9H2,2H3. The number of benzene rings is 1. The largest absolute Gasteiger partial charge is 0.388 e. The first-order valence-electron chi connectivity index (χ1n) is 5.20. The SMILES string of the molecule is C=CCCCC(O)c1cccc(Cl)c1C. The van der Waals surface area contributed by atoms with Crippen molar-refractivity contribution in [3.63, 3.8) is 0 Å². The molecule has 0 aliphatic rings. The molecule has 0 aliphatic carbocycles. The predicted octanol–water partition coefficient (Wildman–Crippen LogP) is 4.04. The van der Waals surface area contributed by atoms with Crippen LogP contribution in [0.4, 0.5) is 0 Å². The second-order valence-electron chi connectivity index (χ2n) is 3.69. The molecule has 0 amide bonds. The Balaban J connectivity index is 2.68.